The van der Waals surface area contributed by atoms with Gasteiger partial charge in [0.2, 0.25) is 0 Å². The molecule has 2 aromatic carbocycles. The normalized spacial score (nSPS) is 10.8. The molecule has 0 aliphatic heterocycles. The van der Waals surface area contributed by atoms with Crippen LogP contribution < -0.4 is 0 Å². The molecule has 0 spiro atoms. The Bertz CT molecular complexity index is 724. The van der Waals surface area contributed by atoms with Gasteiger partial charge in [0.05, 0.1) is 0 Å². The second kappa shape index (κ2) is 5.44. The van der Waals surface area contributed by atoms with Gasteiger partial charge in [0.1, 0.15) is 0 Å². The Morgan fingerprint density at radius 3 is 2.15 bits per heavy atom. The van der Waals surface area contributed by atoms with Crippen LogP contribution in [0.25, 0.3) is 22.4 Å². The molecule has 20 heavy (non-hydrogen) atoms. The highest BCUT2D eigenvalue weighted by atomic mass is 127. The first-order chi connectivity index (χ1) is 9.66. The minimum Gasteiger partial charge on any atom is -0.347 e. The Balaban J connectivity index is 2.13. The molecule has 0 unspecified atom stereocenters. The largest absolute Gasteiger partial charge is 0.347 e. The zero-order chi connectivity index (χ0) is 14.1. The van der Waals surface area contributed by atoms with Crippen LogP contribution in [0.3, 0.4) is 0 Å². The monoisotopic (exact) mass is 373 g/mol. The lowest BCUT2D eigenvalue weighted by molar-refractivity contribution is 0.892. The lowest BCUT2D eigenvalue weighted by atomic mass is 10.1. The summed E-state index contributed by atoms with van der Waals surface area (Å²) in [6.45, 7) is 2.18. The lowest BCUT2D eigenvalue weighted by Crippen LogP contribution is -1.94. The maximum Gasteiger partial charge on any atom is 0.0486 e. The molecule has 3 aromatic rings. The van der Waals surface area contributed by atoms with Crippen molar-refractivity contribution >= 4 is 22.6 Å². The van der Waals surface area contributed by atoms with Crippen molar-refractivity contribution in [3.8, 4) is 22.4 Å². The number of rotatable bonds is 2. The average Bonchev–Trinajstić information content (AvgIpc) is 2.77. The van der Waals surface area contributed by atoms with E-state index in [9.17, 15) is 0 Å². The molecule has 0 aliphatic carbocycles. The molecule has 1 heterocycles. The molecular formula is C18H16IN. The van der Waals surface area contributed by atoms with Crippen molar-refractivity contribution in [3.05, 3.63) is 69.9 Å². The topological polar surface area (TPSA) is 4.93 Å². The second-order valence-electron chi connectivity index (χ2n) is 4.96. The van der Waals surface area contributed by atoms with E-state index in [-0.39, 0.29) is 0 Å². The molecule has 2 heteroatoms. The fourth-order valence-corrected chi connectivity index (χ4v) is 2.87. The van der Waals surface area contributed by atoms with Gasteiger partial charge in [-0.2, -0.15) is 0 Å². The minimum absolute atomic E-state index is 1.26. The highest BCUT2D eigenvalue weighted by molar-refractivity contribution is 14.1. The van der Waals surface area contributed by atoms with Gasteiger partial charge in [-0.15, -0.1) is 0 Å². The third kappa shape index (κ3) is 2.40. The zero-order valence-electron chi connectivity index (χ0n) is 11.6. The van der Waals surface area contributed by atoms with E-state index in [1.165, 1.54) is 31.6 Å². The zero-order valence-corrected chi connectivity index (χ0v) is 13.8. The van der Waals surface area contributed by atoms with Crippen LogP contribution >= 0.6 is 22.6 Å². The van der Waals surface area contributed by atoms with E-state index in [1.807, 2.05) is 0 Å². The molecule has 0 atom stereocenters. The van der Waals surface area contributed by atoms with E-state index in [4.69, 9.17) is 0 Å². The Labute approximate surface area is 133 Å². The molecule has 1 aromatic heterocycles. The first-order valence-corrected chi connectivity index (χ1v) is 7.72. The first-order valence-electron chi connectivity index (χ1n) is 6.64. The summed E-state index contributed by atoms with van der Waals surface area (Å²) in [5, 5.41) is 0. The third-order valence-corrected chi connectivity index (χ3v) is 4.48. The number of halogens is 1. The van der Waals surface area contributed by atoms with Crippen LogP contribution in [0.4, 0.5) is 0 Å². The van der Waals surface area contributed by atoms with E-state index >= 15 is 0 Å². The SMILES string of the molecule is Cc1c(-c2ccc(I)cc2)cc(-c2ccccc2)n1C. The lowest BCUT2D eigenvalue weighted by Gasteiger charge is -2.05. The number of hydrogen-bond acceptors (Lipinski definition) is 0. The average molecular weight is 373 g/mol. The highest BCUT2D eigenvalue weighted by Gasteiger charge is 2.11. The van der Waals surface area contributed by atoms with Crippen LogP contribution in [0.15, 0.2) is 60.7 Å². The predicted molar refractivity (Wildman–Crippen MR) is 93.7 cm³/mol. The molecular weight excluding hydrogens is 357 g/mol. The Morgan fingerprint density at radius 1 is 0.850 bits per heavy atom. The molecule has 100 valence electrons. The van der Waals surface area contributed by atoms with Gasteiger partial charge in [0.15, 0.2) is 0 Å². The molecule has 0 fully saturated rings. The highest BCUT2D eigenvalue weighted by Crippen LogP contribution is 2.31. The molecule has 0 radical (unpaired) electrons. The summed E-state index contributed by atoms with van der Waals surface area (Å²) >= 11 is 2.34. The van der Waals surface area contributed by atoms with E-state index in [1.54, 1.807) is 0 Å². The quantitative estimate of drug-likeness (QED) is 0.539. The maximum absolute atomic E-state index is 2.34. The van der Waals surface area contributed by atoms with Crippen molar-refractivity contribution < 1.29 is 0 Å². The molecule has 1 nitrogen and oxygen atoms in total. The summed E-state index contributed by atoms with van der Waals surface area (Å²) in [5.74, 6) is 0. The van der Waals surface area contributed by atoms with Gasteiger partial charge >= 0.3 is 0 Å². The van der Waals surface area contributed by atoms with Gasteiger partial charge in [-0.05, 0) is 58.8 Å². The summed E-state index contributed by atoms with van der Waals surface area (Å²) in [4.78, 5) is 0. The maximum atomic E-state index is 2.34. The number of benzene rings is 2. The Hall–Kier alpha value is -1.55. The molecule has 3 rings (SSSR count). The predicted octanol–water partition coefficient (Wildman–Crippen LogP) is 5.27. The summed E-state index contributed by atoms with van der Waals surface area (Å²) in [6, 6.07) is 21.5. The van der Waals surface area contributed by atoms with Crippen LogP contribution in [0.5, 0.6) is 0 Å². The molecule has 0 aliphatic rings. The van der Waals surface area contributed by atoms with E-state index < -0.39 is 0 Å². The standard InChI is InChI=1S/C18H16IN/c1-13-17(14-8-10-16(19)11-9-14)12-18(20(13)2)15-6-4-3-5-7-15/h3-12H,1-2H3. The van der Waals surface area contributed by atoms with Gasteiger partial charge in [0.25, 0.3) is 0 Å². The van der Waals surface area contributed by atoms with Gasteiger partial charge < -0.3 is 4.57 Å². The second-order valence-corrected chi connectivity index (χ2v) is 6.21. The Kier molecular flexibility index (Phi) is 3.66. The van der Waals surface area contributed by atoms with Crippen molar-refractivity contribution in [2.24, 2.45) is 7.05 Å². The van der Waals surface area contributed by atoms with Crippen LogP contribution in [0.1, 0.15) is 5.69 Å². The van der Waals surface area contributed by atoms with Crippen molar-refractivity contribution in [2.75, 3.05) is 0 Å². The summed E-state index contributed by atoms with van der Waals surface area (Å²) in [6.07, 6.45) is 0. The van der Waals surface area contributed by atoms with E-state index in [0.29, 0.717) is 0 Å². The van der Waals surface area contributed by atoms with E-state index in [0.717, 1.165) is 0 Å². The van der Waals surface area contributed by atoms with Crippen molar-refractivity contribution in [2.45, 2.75) is 6.92 Å². The van der Waals surface area contributed by atoms with Gasteiger partial charge in [-0.25, -0.2) is 0 Å². The molecule has 0 N–H and O–H groups in total. The Morgan fingerprint density at radius 2 is 1.50 bits per heavy atom. The van der Waals surface area contributed by atoms with Crippen LogP contribution in [-0.2, 0) is 7.05 Å². The number of aromatic nitrogens is 1. The fraction of sp³-hybridized carbons (Fsp3) is 0.111. The van der Waals surface area contributed by atoms with Crippen LogP contribution in [0.2, 0.25) is 0 Å². The molecule has 0 saturated heterocycles. The summed E-state index contributed by atoms with van der Waals surface area (Å²) < 4.78 is 3.53. The van der Waals surface area contributed by atoms with E-state index in [2.05, 4.69) is 102 Å². The summed E-state index contributed by atoms with van der Waals surface area (Å²) in [5.41, 5.74) is 6.40. The smallest absolute Gasteiger partial charge is 0.0486 e. The molecule has 0 bridgehead atoms. The van der Waals surface area contributed by atoms with Crippen LogP contribution in [-0.4, -0.2) is 4.57 Å². The first kappa shape index (κ1) is 13.4. The molecule has 0 saturated carbocycles. The third-order valence-electron chi connectivity index (χ3n) is 3.76. The van der Waals surface area contributed by atoms with Gasteiger partial charge in [-0.3, -0.25) is 0 Å². The minimum atomic E-state index is 1.26. The number of hydrogen-bond donors (Lipinski definition) is 0. The van der Waals surface area contributed by atoms with Crippen molar-refractivity contribution in [1.82, 2.24) is 4.57 Å². The fourth-order valence-electron chi connectivity index (χ4n) is 2.51. The van der Waals surface area contributed by atoms with Crippen LogP contribution in [0, 0.1) is 10.5 Å². The number of nitrogens with zero attached hydrogens (tertiary/aromatic N) is 1. The van der Waals surface area contributed by atoms with Crippen molar-refractivity contribution in [1.29, 1.82) is 0 Å². The van der Waals surface area contributed by atoms with Gasteiger partial charge in [-0.1, -0.05) is 42.5 Å². The summed E-state index contributed by atoms with van der Waals surface area (Å²) in [7, 11) is 2.13. The van der Waals surface area contributed by atoms with Crippen molar-refractivity contribution in [3.63, 3.8) is 0 Å². The molecule has 0 amide bonds. The van der Waals surface area contributed by atoms with Gasteiger partial charge in [0, 0.05) is 27.6 Å².